The van der Waals surface area contributed by atoms with Crippen molar-refractivity contribution in [3.05, 3.63) is 55.9 Å². The van der Waals surface area contributed by atoms with E-state index in [-0.39, 0.29) is 33.3 Å². The van der Waals surface area contributed by atoms with Crippen molar-refractivity contribution in [2.24, 2.45) is 5.73 Å². The Morgan fingerprint density at radius 1 is 1.27 bits per heavy atom. The number of hydrogen-bond donors (Lipinski definition) is 2. The molecule has 0 unspecified atom stereocenters. The molecule has 0 aliphatic carbocycles. The molecule has 0 bridgehead atoms. The molecule has 2 amide bonds. The van der Waals surface area contributed by atoms with Gasteiger partial charge in [0.1, 0.15) is 5.00 Å². The van der Waals surface area contributed by atoms with Gasteiger partial charge in [0, 0.05) is 17.7 Å². The molecule has 1 heterocycles. The van der Waals surface area contributed by atoms with Gasteiger partial charge in [0.15, 0.2) is 0 Å². The highest BCUT2D eigenvalue weighted by atomic mass is 32.1. The third kappa shape index (κ3) is 3.86. The number of nitrogens with one attached hydrogen (secondary N) is 1. The van der Waals surface area contributed by atoms with Gasteiger partial charge in [-0.15, -0.1) is 11.3 Å². The highest BCUT2D eigenvalue weighted by Gasteiger charge is 2.26. The number of nitrogens with two attached hydrogens (primary N) is 1. The Morgan fingerprint density at radius 3 is 2.38 bits per heavy atom. The summed E-state index contributed by atoms with van der Waals surface area (Å²) in [6.07, 6.45) is 0. The van der Waals surface area contributed by atoms with E-state index in [2.05, 4.69) is 5.32 Å². The van der Waals surface area contributed by atoms with Crippen LogP contribution in [0.5, 0.6) is 0 Å². The van der Waals surface area contributed by atoms with Crippen molar-refractivity contribution in [3.63, 3.8) is 0 Å². The van der Waals surface area contributed by atoms with Gasteiger partial charge in [-0.1, -0.05) is 0 Å². The van der Waals surface area contributed by atoms with Crippen molar-refractivity contribution >= 4 is 39.8 Å². The molecule has 9 nitrogen and oxygen atoms in total. The van der Waals surface area contributed by atoms with Crippen molar-refractivity contribution in [1.82, 2.24) is 0 Å². The molecule has 0 aliphatic heterocycles. The van der Waals surface area contributed by atoms with Crippen LogP contribution in [0.2, 0.25) is 0 Å². The number of anilines is 1. The molecule has 0 fully saturated rings. The molecule has 26 heavy (non-hydrogen) atoms. The van der Waals surface area contributed by atoms with Crippen LogP contribution in [0, 0.1) is 17.0 Å². The molecule has 3 N–H and O–H groups in total. The lowest BCUT2D eigenvalue weighted by Crippen LogP contribution is -2.15. The smallest absolute Gasteiger partial charge is 0.341 e. The van der Waals surface area contributed by atoms with E-state index in [4.69, 9.17) is 10.5 Å². The van der Waals surface area contributed by atoms with E-state index in [0.717, 1.165) is 11.3 Å². The largest absolute Gasteiger partial charge is 0.462 e. The summed E-state index contributed by atoms with van der Waals surface area (Å²) in [5.41, 5.74) is 5.67. The van der Waals surface area contributed by atoms with Crippen LogP contribution < -0.4 is 11.1 Å². The van der Waals surface area contributed by atoms with Crippen molar-refractivity contribution in [2.75, 3.05) is 11.9 Å². The summed E-state index contributed by atoms with van der Waals surface area (Å²) in [4.78, 5) is 46.3. The second-order valence-corrected chi connectivity index (χ2v) is 6.12. The van der Waals surface area contributed by atoms with Gasteiger partial charge in [-0.05, 0) is 31.5 Å². The van der Waals surface area contributed by atoms with Crippen LogP contribution in [0.1, 0.15) is 42.9 Å². The number of carbonyl (C=O) groups is 3. The van der Waals surface area contributed by atoms with Gasteiger partial charge >= 0.3 is 5.97 Å². The number of carbonyl (C=O) groups excluding carboxylic acids is 3. The predicted molar refractivity (Wildman–Crippen MR) is 94.6 cm³/mol. The van der Waals surface area contributed by atoms with Crippen LogP contribution >= 0.6 is 11.3 Å². The van der Waals surface area contributed by atoms with Crippen LogP contribution in [0.25, 0.3) is 0 Å². The average molecular weight is 377 g/mol. The maximum Gasteiger partial charge on any atom is 0.341 e. The monoisotopic (exact) mass is 377 g/mol. The minimum absolute atomic E-state index is 0.0564. The number of primary amides is 1. The molecule has 1 aromatic carbocycles. The van der Waals surface area contributed by atoms with Gasteiger partial charge < -0.3 is 15.8 Å². The zero-order valence-electron chi connectivity index (χ0n) is 13.9. The maximum absolute atomic E-state index is 12.4. The summed E-state index contributed by atoms with van der Waals surface area (Å²) in [7, 11) is 0. The van der Waals surface area contributed by atoms with E-state index >= 15 is 0 Å². The summed E-state index contributed by atoms with van der Waals surface area (Å²) in [6.45, 7) is 3.28. The Morgan fingerprint density at radius 2 is 1.88 bits per heavy atom. The van der Waals surface area contributed by atoms with E-state index in [9.17, 15) is 24.5 Å². The average Bonchev–Trinajstić information content (AvgIpc) is 2.91. The van der Waals surface area contributed by atoms with Crippen LogP contribution in [-0.2, 0) is 4.74 Å². The Kier molecular flexibility index (Phi) is 5.68. The maximum atomic E-state index is 12.4. The van der Waals surface area contributed by atoms with Gasteiger partial charge in [-0.25, -0.2) is 4.79 Å². The SMILES string of the molecule is CCOC(=O)c1c(NC(=O)c2ccc([N+](=O)[O-])cc2)sc(C(N)=O)c1C. The molecule has 0 saturated heterocycles. The minimum Gasteiger partial charge on any atom is -0.462 e. The molecular formula is C16H15N3O6S. The minimum atomic E-state index is -0.728. The van der Waals surface area contributed by atoms with Crippen molar-refractivity contribution in [3.8, 4) is 0 Å². The molecule has 0 spiro atoms. The summed E-state index contributed by atoms with van der Waals surface area (Å²) in [5, 5.41) is 13.3. The Bertz CT molecular complexity index is 888. The van der Waals surface area contributed by atoms with E-state index in [1.54, 1.807) is 6.92 Å². The van der Waals surface area contributed by atoms with Gasteiger partial charge in [0.2, 0.25) is 0 Å². The molecule has 1 aromatic heterocycles. The molecule has 0 radical (unpaired) electrons. The van der Waals surface area contributed by atoms with Crippen LogP contribution in [-0.4, -0.2) is 29.3 Å². The van der Waals surface area contributed by atoms with Crippen molar-refractivity contribution in [2.45, 2.75) is 13.8 Å². The first-order valence-electron chi connectivity index (χ1n) is 7.42. The lowest BCUT2D eigenvalue weighted by Gasteiger charge is -2.07. The zero-order valence-corrected chi connectivity index (χ0v) is 14.7. The van der Waals surface area contributed by atoms with Gasteiger partial charge in [0.25, 0.3) is 17.5 Å². The highest BCUT2D eigenvalue weighted by Crippen LogP contribution is 2.34. The van der Waals surface area contributed by atoms with Gasteiger partial charge in [-0.3, -0.25) is 19.7 Å². The predicted octanol–water partition coefficient (Wildman–Crippen LogP) is 2.49. The van der Waals surface area contributed by atoms with Crippen LogP contribution in [0.3, 0.4) is 0 Å². The topological polar surface area (TPSA) is 142 Å². The molecule has 0 aliphatic rings. The van der Waals surface area contributed by atoms with E-state index in [0.29, 0.717) is 5.56 Å². The van der Waals surface area contributed by atoms with Crippen molar-refractivity contribution < 1.29 is 24.0 Å². The first-order valence-corrected chi connectivity index (χ1v) is 8.24. The number of benzene rings is 1. The number of nitro benzene ring substituents is 1. The third-order valence-electron chi connectivity index (χ3n) is 3.42. The third-order valence-corrected chi connectivity index (χ3v) is 4.64. The lowest BCUT2D eigenvalue weighted by molar-refractivity contribution is -0.384. The summed E-state index contributed by atoms with van der Waals surface area (Å²) >= 11 is 0.864. The van der Waals surface area contributed by atoms with E-state index in [1.165, 1.54) is 31.2 Å². The van der Waals surface area contributed by atoms with Crippen LogP contribution in [0.15, 0.2) is 24.3 Å². The molecule has 2 aromatic rings. The summed E-state index contributed by atoms with van der Waals surface area (Å²) in [5.74, 6) is -2.01. The van der Waals surface area contributed by atoms with Crippen LogP contribution in [0.4, 0.5) is 10.7 Å². The fraction of sp³-hybridized carbons (Fsp3) is 0.188. The molecule has 0 atom stereocenters. The van der Waals surface area contributed by atoms with Gasteiger partial charge in [0.05, 0.1) is 22.0 Å². The normalized spacial score (nSPS) is 10.2. The fourth-order valence-electron chi connectivity index (χ4n) is 2.20. The van der Waals surface area contributed by atoms with E-state index < -0.39 is 22.7 Å². The fourth-order valence-corrected chi connectivity index (χ4v) is 3.24. The summed E-state index contributed by atoms with van der Waals surface area (Å²) < 4.78 is 4.96. The Balaban J connectivity index is 2.36. The number of nitrogens with zero attached hydrogens (tertiary/aromatic N) is 1. The molecular weight excluding hydrogens is 362 g/mol. The molecule has 0 saturated carbocycles. The second-order valence-electron chi connectivity index (χ2n) is 5.10. The number of thiophene rings is 1. The number of nitro groups is 1. The quantitative estimate of drug-likeness (QED) is 0.450. The molecule has 136 valence electrons. The first kappa shape index (κ1) is 19.1. The molecule has 10 heteroatoms. The van der Waals surface area contributed by atoms with Crippen molar-refractivity contribution in [1.29, 1.82) is 0 Å². The van der Waals surface area contributed by atoms with Gasteiger partial charge in [-0.2, -0.15) is 0 Å². The Hall–Kier alpha value is -3.27. The standard InChI is InChI=1S/C16H15N3O6S/c1-3-25-16(22)11-8(2)12(13(17)20)26-15(11)18-14(21)9-4-6-10(7-5-9)19(23)24/h4-7H,3H2,1-2H3,(H2,17,20)(H,18,21). The second kappa shape index (κ2) is 7.74. The molecule has 2 rings (SSSR count). The number of rotatable bonds is 6. The summed E-state index contributed by atoms with van der Waals surface area (Å²) in [6, 6.07) is 4.95. The number of hydrogen-bond acceptors (Lipinski definition) is 7. The number of ether oxygens (including phenoxy) is 1. The lowest BCUT2D eigenvalue weighted by atomic mass is 10.1. The Labute approximate surface area is 151 Å². The first-order chi connectivity index (χ1) is 12.3. The number of esters is 1. The van der Waals surface area contributed by atoms with E-state index in [1.807, 2.05) is 0 Å². The number of amides is 2. The zero-order chi connectivity index (χ0) is 19.4. The highest BCUT2D eigenvalue weighted by molar-refractivity contribution is 7.18. The number of non-ortho nitro benzene ring substituents is 1.